The molecule has 0 aromatic heterocycles. The maximum absolute atomic E-state index is 12.9. The van der Waals surface area contributed by atoms with Gasteiger partial charge in [-0.05, 0) is 30.2 Å². The highest BCUT2D eigenvalue weighted by Crippen LogP contribution is 2.41. The summed E-state index contributed by atoms with van der Waals surface area (Å²) in [5, 5.41) is 17.1. The van der Waals surface area contributed by atoms with Crippen molar-refractivity contribution in [1.29, 1.82) is 5.26 Å². The Labute approximate surface area is 208 Å². The van der Waals surface area contributed by atoms with Crippen molar-refractivity contribution in [2.75, 3.05) is 12.4 Å². The quantitative estimate of drug-likeness (QED) is 0.384. The van der Waals surface area contributed by atoms with Gasteiger partial charge in [-0.1, -0.05) is 78.5 Å². The fourth-order valence-electron chi connectivity index (χ4n) is 3.48. The molecule has 6 nitrogen and oxygen atoms in total. The Morgan fingerprint density at radius 1 is 1.24 bits per heavy atom. The number of carbonyl (C=O) groups excluding carboxylic acids is 2. The molecule has 2 aromatic carbocycles. The van der Waals surface area contributed by atoms with Crippen molar-refractivity contribution in [3.63, 3.8) is 0 Å². The van der Waals surface area contributed by atoms with Crippen LogP contribution in [-0.4, -0.2) is 24.2 Å². The summed E-state index contributed by atoms with van der Waals surface area (Å²) in [5.74, 6) is -1.25. The maximum atomic E-state index is 12.9. The molecule has 0 saturated heterocycles. The Hall–Kier alpha value is -3.47. The number of esters is 1. The van der Waals surface area contributed by atoms with E-state index in [-0.39, 0.29) is 18.3 Å². The van der Waals surface area contributed by atoms with E-state index in [1.807, 2.05) is 30.3 Å². The standard InChI is InChI=1S/C26H24ClN3O3S/c1-3-13-33-26(32)23-17(2)30-25(21(14-28)24(23)19-9-11-20(27)12-10-19)34-16-22(31)29-15-18-7-5-4-6-8-18/h3-12,24,30H,1,13,15-16H2,2H3,(H,29,31). The molecule has 0 fully saturated rings. The van der Waals surface area contributed by atoms with Crippen LogP contribution in [0.1, 0.15) is 24.0 Å². The molecule has 1 atom stereocenters. The number of carbonyl (C=O) groups is 2. The van der Waals surface area contributed by atoms with E-state index in [9.17, 15) is 14.9 Å². The van der Waals surface area contributed by atoms with Gasteiger partial charge >= 0.3 is 5.97 Å². The van der Waals surface area contributed by atoms with Crippen LogP contribution in [-0.2, 0) is 20.9 Å². The molecule has 0 saturated carbocycles. The first kappa shape index (κ1) is 25.2. The Bertz CT molecular complexity index is 1170. The number of allylic oxidation sites excluding steroid dienone is 2. The van der Waals surface area contributed by atoms with Gasteiger partial charge in [-0.25, -0.2) is 4.79 Å². The van der Waals surface area contributed by atoms with Crippen LogP contribution in [0.15, 0.2) is 89.1 Å². The zero-order chi connectivity index (χ0) is 24.5. The third-order valence-corrected chi connectivity index (χ3v) is 6.35. The lowest BCUT2D eigenvalue weighted by atomic mass is 9.82. The molecular weight excluding hydrogens is 470 g/mol. The number of nitriles is 1. The van der Waals surface area contributed by atoms with Gasteiger partial charge in [0.05, 0.1) is 33.9 Å². The molecule has 8 heteroatoms. The van der Waals surface area contributed by atoms with E-state index in [0.29, 0.717) is 33.4 Å². The fraction of sp³-hybridized carbons (Fsp3) is 0.192. The number of hydrogen-bond donors (Lipinski definition) is 2. The van der Waals surface area contributed by atoms with Crippen molar-refractivity contribution in [1.82, 2.24) is 10.6 Å². The van der Waals surface area contributed by atoms with E-state index < -0.39 is 11.9 Å². The first-order valence-corrected chi connectivity index (χ1v) is 11.9. The molecule has 34 heavy (non-hydrogen) atoms. The summed E-state index contributed by atoms with van der Waals surface area (Å²) in [6.45, 7) is 5.80. The van der Waals surface area contributed by atoms with Crippen LogP contribution in [0.5, 0.6) is 0 Å². The molecule has 1 aliphatic rings. The summed E-state index contributed by atoms with van der Waals surface area (Å²) in [6, 6.07) is 18.8. The van der Waals surface area contributed by atoms with E-state index in [1.54, 1.807) is 31.2 Å². The minimum Gasteiger partial charge on any atom is -0.458 e. The van der Waals surface area contributed by atoms with E-state index in [1.165, 1.54) is 17.8 Å². The SMILES string of the molecule is C=CCOC(=O)C1=C(C)NC(SCC(=O)NCc2ccccc2)=C(C#N)C1c1ccc(Cl)cc1. The lowest BCUT2D eigenvalue weighted by Crippen LogP contribution is -2.30. The second-order valence-corrected chi connectivity index (χ2v) is 8.86. The normalized spacial score (nSPS) is 15.3. The summed E-state index contributed by atoms with van der Waals surface area (Å²) in [5.41, 5.74) is 2.94. The van der Waals surface area contributed by atoms with Crippen LogP contribution >= 0.6 is 23.4 Å². The van der Waals surface area contributed by atoms with Crippen LogP contribution in [0.4, 0.5) is 0 Å². The Balaban J connectivity index is 1.84. The fourth-order valence-corrected chi connectivity index (χ4v) is 4.53. The second kappa shape index (κ2) is 12.1. The summed E-state index contributed by atoms with van der Waals surface area (Å²) < 4.78 is 5.29. The molecule has 1 aliphatic heterocycles. The summed E-state index contributed by atoms with van der Waals surface area (Å²) in [6.07, 6.45) is 1.48. The topological polar surface area (TPSA) is 91.2 Å². The predicted octanol–water partition coefficient (Wildman–Crippen LogP) is 4.81. The van der Waals surface area contributed by atoms with Gasteiger partial charge in [0.25, 0.3) is 0 Å². The van der Waals surface area contributed by atoms with E-state index >= 15 is 0 Å². The number of hydrogen-bond acceptors (Lipinski definition) is 6. The molecule has 1 unspecified atom stereocenters. The number of benzene rings is 2. The maximum Gasteiger partial charge on any atom is 0.337 e. The lowest BCUT2D eigenvalue weighted by molar-refractivity contribution is -0.138. The van der Waals surface area contributed by atoms with Gasteiger partial charge in [0.1, 0.15) is 6.61 Å². The zero-order valence-electron chi connectivity index (χ0n) is 18.6. The average Bonchev–Trinajstić information content (AvgIpc) is 2.85. The summed E-state index contributed by atoms with van der Waals surface area (Å²) in [4.78, 5) is 25.3. The largest absolute Gasteiger partial charge is 0.458 e. The van der Waals surface area contributed by atoms with E-state index in [4.69, 9.17) is 16.3 Å². The third-order valence-electron chi connectivity index (χ3n) is 5.08. The highest BCUT2D eigenvalue weighted by atomic mass is 35.5. The van der Waals surface area contributed by atoms with Gasteiger partial charge in [0.15, 0.2) is 0 Å². The van der Waals surface area contributed by atoms with Gasteiger partial charge in [0, 0.05) is 17.3 Å². The number of amides is 1. The summed E-state index contributed by atoms with van der Waals surface area (Å²) in [7, 11) is 0. The van der Waals surface area contributed by atoms with Gasteiger partial charge in [-0.3, -0.25) is 4.79 Å². The lowest BCUT2D eigenvalue weighted by Gasteiger charge is -2.29. The van der Waals surface area contributed by atoms with Crippen LogP contribution in [0, 0.1) is 11.3 Å². The number of nitrogens with one attached hydrogen (secondary N) is 2. The number of rotatable bonds is 9. The highest BCUT2D eigenvalue weighted by molar-refractivity contribution is 8.03. The predicted molar refractivity (Wildman–Crippen MR) is 135 cm³/mol. The van der Waals surface area contributed by atoms with Crippen molar-refractivity contribution in [3.05, 3.63) is 105 Å². The highest BCUT2D eigenvalue weighted by Gasteiger charge is 2.35. The Morgan fingerprint density at radius 3 is 2.59 bits per heavy atom. The molecule has 1 heterocycles. The minimum atomic E-state index is -0.657. The third kappa shape index (κ3) is 6.31. The second-order valence-electron chi connectivity index (χ2n) is 7.44. The first-order chi connectivity index (χ1) is 16.4. The van der Waals surface area contributed by atoms with Crippen molar-refractivity contribution in [3.8, 4) is 6.07 Å². The van der Waals surface area contributed by atoms with Gasteiger partial charge < -0.3 is 15.4 Å². The van der Waals surface area contributed by atoms with Crippen molar-refractivity contribution < 1.29 is 14.3 Å². The molecule has 3 rings (SSSR count). The van der Waals surface area contributed by atoms with Gasteiger partial charge in [-0.2, -0.15) is 5.26 Å². The van der Waals surface area contributed by atoms with Gasteiger partial charge in [0.2, 0.25) is 5.91 Å². The molecule has 0 aliphatic carbocycles. The van der Waals surface area contributed by atoms with Gasteiger partial charge in [-0.15, -0.1) is 0 Å². The summed E-state index contributed by atoms with van der Waals surface area (Å²) >= 11 is 7.27. The van der Waals surface area contributed by atoms with Crippen molar-refractivity contribution >= 4 is 35.2 Å². The molecule has 2 aromatic rings. The number of ether oxygens (including phenoxy) is 1. The first-order valence-electron chi connectivity index (χ1n) is 10.5. The molecule has 2 N–H and O–H groups in total. The van der Waals surface area contributed by atoms with E-state index in [2.05, 4.69) is 23.3 Å². The van der Waals surface area contributed by atoms with Crippen LogP contribution < -0.4 is 10.6 Å². The molecule has 0 bridgehead atoms. The smallest absolute Gasteiger partial charge is 0.337 e. The Morgan fingerprint density at radius 2 is 1.94 bits per heavy atom. The van der Waals surface area contributed by atoms with Crippen molar-refractivity contribution in [2.24, 2.45) is 0 Å². The molecular formula is C26H24ClN3O3S. The Kier molecular flexibility index (Phi) is 8.97. The van der Waals surface area contributed by atoms with E-state index in [0.717, 1.165) is 11.1 Å². The van der Waals surface area contributed by atoms with Crippen molar-refractivity contribution in [2.45, 2.75) is 19.4 Å². The molecule has 1 amide bonds. The monoisotopic (exact) mass is 493 g/mol. The number of nitrogens with zero attached hydrogens (tertiary/aromatic N) is 1. The molecule has 0 radical (unpaired) electrons. The van der Waals surface area contributed by atoms with Crippen LogP contribution in [0.25, 0.3) is 0 Å². The van der Waals surface area contributed by atoms with Crippen LogP contribution in [0.2, 0.25) is 5.02 Å². The molecule has 174 valence electrons. The average molecular weight is 494 g/mol. The minimum absolute atomic E-state index is 0.0533. The number of halogens is 1. The van der Waals surface area contributed by atoms with Crippen LogP contribution in [0.3, 0.4) is 0 Å². The zero-order valence-corrected chi connectivity index (χ0v) is 20.2. The molecule has 0 spiro atoms. The number of thioether (sulfide) groups is 1. The number of dihydropyridines is 1.